The molecule has 0 unspecified atom stereocenters. The predicted octanol–water partition coefficient (Wildman–Crippen LogP) is 5.10. The first-order chi connectivity index (χ1) is 27.6. The van der Waals surface area contributed by atoms with E-state index in [1.165, 1.54) is 25.5 Å². The van der Waals surface area contributed by atoms with Crippen LogP contribution in [0.3, 0.4) is 0 Å². The fourth-order valence-electron chi connectivity index (χ4n) is 8.68. The van der Waals surface area contributed by atoms with Gasteiger partial charge in [-0.2, -0.15) is 18.4 Å². The average Bonchev–Trinajstić information content (AvgIpc) is 3.64. The Balaban J connectivity index is 1.15. The number of nitrogens with one attached hydrogen (secondary N) is 2. The Morgan fingerprint density at radius 1 is 1.12 bits per heavy atom. The van der Waals surface area contributed by atoms with Crippen molar-refractivity contribution in [1.29, 1.82) is 5.26 Å². The Bertz CT molecular complexity index is 2460. The van der Waals surface area contributed by atoms with Gasteiger partial charge in [0.05, 0.1) is 41.9 Å². The zero-order valence-electron chi connectivity index (χ0n) is 32.6. The Morgan fingerprint density at radius 3 is 2.57 bits per heavy atom. The number of rotatable bonds is 8. The van der Waals surface area contributed by atoms with Crippen LogP contribution in [0.25, 0.3) is 11.3 Å². The van der Waals surface area contributed by atoms with E-state index in [4.69, 9.17) is 4.74 Å². The summed E-state index contributed by atoms with van der Waals surface area (Å²) in [7, 11) is 1.38. The highest BCUT2D eigenvalue weighted by Crippen LogP contribution is 2.44. The molecular formula is C41H43F3N10O4. The summed E-state index contributed by atoms with van der Waals surface area (Å²) in [5, 5.41) is 16.1. The SMILES string of the molecule is C=CC(=O)Nc1cc(Nc2nc(-c3ccnc(N4CCn5c(cc6c5CC(C)(C)C6)C4=O)c3C(F)(F)F)cn(C)c2=O)cc(C#N)c1N1CCN(C2COC2)C[C@@H]1C. The number of anilines is 5. The molecule has 0 bridgehead atoms. The van der Waals surface area contributed by atoms with Gasteiger partial charge in [-0.05, 0) is 61.1 Å². The minimum atomic E-state index is -4.97. The number of halogens is 3. The first-order valence-electron chi connectivity index (χ1n) is 19.1. The molecule has 302 valence electrons. The van der Waals surface area contributed by atoms with Crippen molar-refractivity contribution < 1.29 is 27.5 Å². The number of carbonyl (C=O) groups is 2. The van der Waals surface area contributed by atoms with Crippen molar-refractivity contribution in [1.82, 2.24) is 24.0 Å². The maximum atomic E-state index is 15.2. The molecule has 4 aromatic rings. The van der Waals surface area contributed by atoms with Crippen molar-refractivity contribution >= 4 is 40.5 Å². The number of aromatic nitrogens is 4. The summed E-state index contributed by atoms with van der Waals surface area (Å²) in [5.74, 6) is -2.00. The van der Waals surface area contributed by atoms with Crippen LogP contribution in [0.5, 0.6) is 0 Å². The second kappa shape index (κ2) is 14.4. The number of amides is 2. The maximum Gasteiger partial charge on any atom is 0.420 e. The molecule has 8 rings (SSSR count). The molecule has 58 heavy (non-hydrogen) atoms. The largest absolute Gasteiger partial charge is 0.420 e. The molecule has 14 nitrogen and oxygen atoms in total. The fourth-order valence-corrected chi connectivity index (χ4v) is 8.68. The van der Waals surface area contributed by atoms with Gasteiger partial charge in [-0.15, -0.1) is 0 Å². The molecule has 2 amide bonds. The zero-order valence-corrected chi connectivity index (χ0v) is 32.6. The third-order valence-corrected chi connectivity index (χ3v) is 11.5. The lowest BCUT2D eigenvalue weighted by Gasteiger charge is -2.47. The number of hydrogen-bond donors (Lipinski definition) is 2. The molecule has 2 N–H and O–H groups in total. The van der Waals surface area contributed by atoms with Crippen LogP contribution in [0.1, 0.15) is 53.6 Å². The Morgan fingerprint density at radius 2 is 1.90 bits per heavy atom. The molecule has 1 aliphatic carbocycles. The Labute approximate surface area is 332 Å². The van der Waals surface area contributed by atoms with Crippen molar-refractivity contribution in [3.05, 3.63) is 87.7 Å². The van der Waals surface area contributed by atoms with Crippen LogP contribution in [-0.2, 0) is 42.1 Å². The first-order valence-corrected chi connectivity index (χ1v) is 19.1. The van der Waals surface area contributed by atoms with Crippen molar-refractivity contribution in [2.45, 2.75) is 58.4 Å². The highest BCUT2D eigenvalue weighted by atomic mass is 19.4. The number of piperazine rings is 1. The number of nitriles is 1. The Hall–Kier alpha value is -5.99. The van der Waals surface area contributed by atoms with Crippen LogP contribution in [0.2, 0.25) is 0 Å². The molecule has 3 aliphatic heterocycles. The van der Waals surface area contributed by atoms with Gasteiger partial charge in [0.15, 0.2) is 5.82 Å². The van der Waals surface area contributed by atoms with E-state index in [-0.39, 0.29) is 52.0 Å². The van der Waals surface area contributed by atoms with Gasteiger partial charge in [0.1, 0.15) is 23.1 Å². The molecular weight excluding hydrogens is 754 g/mol. The minimum absolute atomic E-state index is 0.0215. The molecule has 2 fully saturated rings. The van der Waals surface area contributed by atoms with E-state index in [0.717, 1.165) is 45.7 Å². The summed E-state index contributed by atoms with van der Waals surface area (Å²) in [6.45, 7) is 13.5. The van der Waals surface area contributed by atoms with Crippen LogP contribution in [0.4, 0.5) is 41.9 Å². The molecule has 1 atom stereocenters. The predicted molar refractivity (Wildman–Crippen MR) is 211 cm³/mol. The molecule has 0 spiro atoms. The van der Waals surface area contributed by atoms with Crippen molar-refractivity contribution in [3.63, 3.8) is 0 Å². The fraction of sp³-hybridized carbons (Fsp3) is 0.415. The summed E-state index contributed by atoms with van der Waals surface area (Å²) in [6.07, 6.45) is 0.0400. The zero-order chi connectivity index (χ0) is 41.3. The second-order valence-corrected chi connectivity index (χ2v) is 16.2. The average molecular weight is 797 g/mol. The first kappa shape index (κ1) is 38.9. The van der Waals surface area contributed by atoms with E-state index < -0.39 is 34.9 Å². The smallest absolute Gasteiger partial charge is 0.378 e. The molecule has 0 radical (unpaired) electrons. The molecule has 17 heteroatoms. The number of hydrogen-bond acceptors (Lipinski definition) is 10. The quantitative estimate of drug-likeness (QED) is 0.231. The Kier molecular flexibility index (Phi) is 9.67. The van der Waals surface area contributed by atoms with Crippen LogP contribution < -0.4 is 26.0 Å². The van der Waals surface area contributed by atoms with Gasteiger partial charge >= 0.3 is 6.18 Å². The van der Waals surface area contributed by atoms with E-state index in [1.807, 2.05) is 16.4 Å². The number of aryl methyl sites for hydroxylation is 1. The van der Waals surface area contributed by atoms with Gasteiger partial charge in [0.25, 0.3) is 11.5 Å². The number of carbonyl (C=O) groups excluding carboxylic acids is 2. The summed E-state index contributed by atoms with van der Waals surface area (Å²) in [5.41, 5.74) is 1.13. The van der Waals surface area contributed by atoms with E-state index in [0.29, 0.717) is 56.8 Å². The van der Waals surface area contributed by atoms with Crippen LogP contribution in [0.15, 0.2) is 54.1 Å². The third-order valence-electron chi connectivity index (χ3n) is 11.5. The lowest BCUT2D eigenvalue weighted by atomic mass is 9.90. The topological polar surface area (TPSA) is 154 Å². The number of fused-ring (bicyclic) bond motifs is 3. The molecule has 0 saturated carbocycles. The van der Waals surface area contributed by atoms with Crippen molar-refractivity contribution in [2.75, 3.05) is 59.8 Å². The van der Waals surface area contributed by atoms with E-state index >= 15 is 13.2 Å². The lowest BCUT2D eigenvalue weighted by molar-refractivity contribution is -0.136. The van der Waals surface area contributed by atoms with Crippen LogP contribution in [-0.4, -0.2) is 87.3 Å². The standard InChI is InChI=1S/C41H43F3N10O4/c1-6-33(55)48-29-15-26(13-25(18-45)35(29)52-10-9-51(19-23(52)2)27-21-58-22-27)47-36-39(57)50(5)20-30(49-36)28-7-8-46-37(34(28)41(42,43)44)54-12-11-53-31(38(54)56)14-24-16-40(3,4)17-32(24)53/h6-8,13-15,20,23,27H,1,9-12,16-17,19,21-22H2,2-5H3,(H,47,49)(H,48,55)/t23-/m0/s1. The monoisotopic (exact) mass is 796 g/mol. The summed E-state index contributed by atoms with van der Waals surface area (Å²) < 4.78 is 54.0. The van der Waals surface area contributed by atoms with Crippen molar-refractivity contribution in [3.8, 4) is 17.3 Å². The molecule has 2 saturated heterocycles. The van der Waals surface area contributed by atoms with E-state index in [1.54, 1.807) is 12.1 Å². The molecule has 6 heterocycles. The lowest BCUT2D eigenvalue weighted by Crippen LogP contribution is -2.59. The highest BCUT2D eigenvalue weighted by Gasteiger charge is 2.43. The highest BCUT2D eigenvalue weighted by molar-refractivity contribution is 6.06. The second-order valence-electron chi connectivity index (χ2n) is 16.2. The van der Waals surface area contributed by atoms with Gasteiger partial charge in [0, 0.05) is 75.2 Å². The summed E-state index contributed by atoms with van der Waals surface area (Å²) in [4.78, 5) is 54.1. The van der Waals surface area contributed by atoms with Gasteiger partial charge in [-0.1, -0.05) is 20.4 Å². The van der Waals surface area contributed by atoms with E-state index in [2.05, 4.69) is 52.0 Å². The number of ether oxygens (including phenoxy) is 1. The van der Waals surface area contributed by atoms with Gasteiger partial charge in [-0.25, -0.2) is 9.97 Å². The van der Waals surface area contributed by atoms with Gasteiger partial charge in [-0.3, -0.25) is 24.2 Å². The number of alkyl halides is 3. The molecule has 1 aromatic carbocycles. The number of pyridine rings is 1. The summed E-state index contributed by atoms with van der Waals surface area (Å²) in [6, 6.07) is 8.49. The van der Waals surface area contributed by atoms with Crippen LogP contribution >= 0.6 is 0 Å². The molecule has 4 aliphatic rings. The van der Waals surface area contributed by atoms with Crippen molar-refractivity contribution in [2.24, 2.45) is 12.5 Å². The maximum absolute atomic E-state index is 15.2. The normalized spacial score (nSPS) is 19.3. The number of benzene rings is 1. The van der Waals surface area contributed by atoms with E-state index in [9.17, 15) is 19.6 Å². The van der Waals surface area contributed by atoms with Crippen LogP contribution in [0, 0.1) is 16.7 Å². The third kappa shape index (κ3) is 6.89. The van der Waals surface area contributed by atoms with Gasteiger partial charge in [0.2, 0.25) is 5.91 Å². The van der Waals surface area contributed by atoms with Gasteiger partial charge < -0.3 is 29.4 Å². The molecule has 3 aromatic heterocycles. The summed E-state index contributed by atoms with van der Waals surface area (Å²) >= 11 is 0. The minimum Gasteiger partial charge on any atom is -0.378 e. The number of nitrogens with zero attached hydrogens (tertiary/aromatic N) is 8.